The van der Waals surface area contributed by atoms with E-state index >= 15 is 0 Å². The molecule has 32 heavy (non-hydrogen) atoms. The first kappa shape index (κ1) is 22.8. The molecule has 8 heteroatoms. The molecule has 164 valence electrons. The van der Waals surface area contributed by atoms with Crippen LogP contribution in [0.2, 0.25) is 0 Å². The topological polar surface area (TPSA) is 102 Å². The Labute approximate surface area is 186 Å². The van der Waals surface area contributed by atoms with Crippen LogP contribution in [0.15, 0.2) is 78.9 Å². The van der Waals surface area contributed by atoms with Crippen molar-refractivity contribution in [2.24, 2.45) is 0 Å². The molecule has 0 atom stereocenters. The first-order chi connectivity index (χ1) is 15.2. The van der Waals surface area contributed by atoms with E-state index in [0.717, 1.165) is 11.8 Å². The Hall–Kier alpha value is -3.91. The molecule has 3 rings (SSSR count). The monoisotopic (exact) mass is 450 g/mol. The maximum atomic E-state index is 12.4. The molecule has 3 aromatic rings. The molecule has 0 radical (unpaired) electrons. The Morgan fingerprint density at radius 1 is 0.875 bits per heavy atom. The highest BCUT2D eigenvalue weighted by Crippen LogP contribution is 2.17. The molecule has 0 saturated heterocycles. The molecule has 0 heterocycles. The summed E-state index contributed by atoms with van der Waals surface area (Å²) in [5.74, 6) is 0.177. The first-order valence-electron chi connectivity index (χ1n) is 9.59. The van der Waals surface area contributed by atoms with Crippen molar-refractivity contribution < 1.29 is 22.7 Å². The zero-order valence-electron chi connectivity index (χ0n) is 17.5. The van der Waals surface area contributed by atoms with Gasteiger partial charge in [-0.15, -0.1) is 0 Å². The fraction of sp³-hybridized carbons (Fsp3) is 0.0833. The van der Waals surface area contributed by atoms with Crippen molar-refractivity contribution >= 4 is 39.2 Å². The minimum atomic E-state index is -3.37. The van der Waals surface area contributed by atoms with Crippen molar-refractivity contribution in [3.63, 3.8) is 0 Å². The van der Waals surface area contributed by atoms with Gasteiger partial charge in [0.1, 0.15) is 5.75 Å². The van der Waals surface area contributed by atoms with Gasteiger partial charge >= 0.3 is 0 Å². The maximum Gasteiger partial charge on any atom is 0.255 e. The summed E-state index contributed by atoms with van der Waals surface area (Å²) in [6.07, 6.45) is 4.12. The molecule has 1 amide bonds. The SMILES string of the molecule is COc1ccc(C(=O)Nc2cccc(/C=C/C(=O)c3ccc(NS(C)(=O)=O)cc3)c2)cc1. The lowest BCUT2D eigenvalue weighted by atomic mass is 10.1. The number of amides is 1. The van der Waals surface area contributed by atoms with E-state index in [1.807, 2.05) is 6.07 Å². The molecule has 0 spiro atoms. The second kappa shape index (κ2) is 9.93. The average molecular weight is 451 g/mol. The molecule has 7 nitrogen and oxygen atoms in total. The maximum absolute atomic E-state index is 12.4. The normalized spacial score (nSPS) is 11.2. The van der Waals surface area contributed by atoms with E-state index in [4.69, 9.17) is 4.74 Å². The number of methoxy groups -OCH3 is 1. The molecule has 0 fully saturated rings. The van der Waals surface area contributed by atoms with E-state index < -0.39 is 10.0 Å². The third-order valence-corrected chi connectivity index (χ3v) is 5.00. The fourth-order valence-electron chi connectivity index (χ4n) is 2.85. The Balaban J connectivity index is 1.65. The standard InChI is InChI=1S/C24H22N2O5S/c1-31-22-13-9-19(10-14-22)24(28)25-21-5-3-4-17(16-21)6-15-23(27)18-7-11-20(12-8-18)26-32(2,29)30/h3-16,26H,1-2H3,(H,25,28)/b15-6+. The van der Waals surface area contributed by atoms with Gasteiger partial charge in [-0.1, -0.05) is 18.2 Å². The number of benzene rings is 3. The molecule has 0 aromatic heterocycles. The van der Waals surface area contributed by atoms with E-state index in [2.05, 4.69) is 10.0 Å². The quantitative estimate of drug-likeness (QED) is 0.395. The third-order valence-electron chi connectivity index (χ3n) is 4.40. The van der Waals surface area contributed by atoms with E-state index in [-0.39, 0.29) is 11.7 Å². The zero-order chi connectivity index (χ0) is 23.1. The molecule has 0 bridgehead atoms. The predicted molar refractivity (Wildman–Crippen MR) is 126 cm³/mol. The van der Waals surface area contributed by atoms with Crippen LogP contribution in [0.4, 0.5) is 11.4 Å². The van der Waals surface area contributed by atoms with Crippen LogP contribution in [0.1, 0.15) is 26.3 Å². The minimum absolute atomic E-state index is 0.233. The summed E-state index contributed by atoms with van der Waals surface area (Å²) in [6, 6.07) is 20.0. The second-order valence-electron chi connectivity index (χ2n) is 6.96. The van der Waals surface area contributed by atoms with Crippen molar-refractivity contribution in [1.82, 2.24) is 0 Å². The van der Waals surface area contributed by atoms with E-state index in [1.54, 1.807) is 67.8 Å². The summed E-state index contributed by atoms with van der Waals surface area (Å²) in [5.41, 5.74) is 2.63. The van der Waals surface area contributed by atoms with Crippen molar-refractivity contribution in [3.05, 3.63) is 95.6 Å². The van der Waals surface area contributed by atoms with Crippen LogP contribution in [0.3, 0.4) is 0 Å². The van der Waals surface area contributed by atoms with Gasteiger partial charge in [0.2, 0.25) is 10.0 Å². The van der Waals surface area contributed by atoms with Gasteiger partial charge in [-0.3, -0.25) is 14.3 Å². The highest BCUT2D eigenvalue weighted by molar-refractivity contribution is 7.92. The third kappa shape index (κ3) is 6.55. The van der Waals surface area contributed by atoms with E-state index in [9.17, 15) is 18.0 Å². The number of ether oxygens (including phenoxy) is 1. The van der Waals surface area contributed by atoms with Crippen LogP contribution < -0.4 is 14.8 Å². The molecular formula is C24H22N2O5S. The summed E-state index contributed by atoms with van der Waals surface area (Å²) in [4.78, 5) is 24.8. The average Bonchev–Trinajstić information content (AvgIpc) is 2.77. The van der Waals surface area contributed by atoms with Crippen molar-refractivity contribution in [2.45, 2.75) is 0 Å². The van der Waals surface area contributed by atoms with Gasteiger partial charge in [0, 0.05) is 22.5 Å². The van der Waals surface area contributed by atoms with Gasteiger partial charge in [0.15, 0.2) is 5.78 Å². The second-order valence-corrected chi connectivity index (χ2v) is 8.71. The van der Waals surface area contributed by atoms with Gasteiger partial charge in [-0.2, -0.15) is 0 Å². The molecule has 0 aliphatic carbocycles. The predicted octanol–water partition coefficient (Wildman–Crippen LogP) is 4.22. The number of ketones is 1. The molecule has 2 N–H and O–H groups in total. The van der Waals surface area contributed by atoms with Crippen LogP contribution in [0, 0.1) is 0 Å². The minimum Gasteiger partial charge on any atom is -0.497 e. The van der Waals surface area contributed by atoms with Crippen molar-refractivity contribution in [1.29, 1.82) is 0 Å². The first-order valence-corrected chi connectivity index (χ1v) is 11.5. The number of hydrogen-bond donors (Lipinski definition) is 2. The van der Waals surface area contributed by atoms with Crippen LogP contribution >= 0.6 is 0 Å². The van der Waals surface area contributed by atoms with Gasteiger partial charge in [0.05, 0.1) is 13.4 Å². The molecule has 0 aliphatic heterocycles. The molecule has 0 aliphatic rings. The Bertz CT molecular complexity index is 1250. The summed E-state index contributed by atoms with van der Waals surface area (Å²) in [5, 5.41) is 2.83. The van der Waals surface area contributed by atoms with Crippen LogP contribution in [0.5, 0.6) is 5.75 Å². The number of nitrogens with one attached hydrogen (secondary N) is 2. The molecular weight excluding hydrogens is 428 g/mol. The Morgan fingerprint density at radius 3 is 2.16 bits per heavy atom. The van der Waals surface area contributed by atoms with Crippen molar-refractivity contribution in [3.8, 4) is 5.75 Å². The number of carbonyl (C=O) groups is 2. The highest BCUT2D eigenvalue weighted by Gasteiger charge is 2.07. The summed E-state index contributed by atoms with van der Waals surface area (Å²) in [6.45, 7) is 0. The van der Waals surface area contributed by atoms with Crippen LogP contribution in [-0.4, -0.2) is 33.5 Å². The smallest absolute Gasteiger partial charge is 0.255 e. The zero-order valence-corrected chi connectivity index (χ0v) is 18.3. The largest absolute Gasteiger partial charge is 0.497 e. The van der Waals surface area contributed by atoms with Gasteiger partial charge in [-0.05, 0) is 72.3 Å². The molecule has 0 unspecified atom stereocenters. The number of hydrogen-bond acceptors (Lipinski definition) is 5. The number of rotatable bonds is 8. The van der Waals surface area contributed by atoms with Crippen LogP contribution in [-0.2, 0) is 10.0 Å². The summed E-state index contributed by atoms with van der Waals surface area (Å²) in [7, 11) is -1.82. The van der Waals surface area contributed by atoms with Crippen molar-refractivity contribution in [2.75, 3.05) is 23.4 Å². The van der Waals surface area contributed by atoms with Gasteiger partial charge < -0.3 is 10.1 Å². The number of carbonyl (C=O) groups excluding carboxylic acids is 2. The lowest BCUT2D eigenvalue weighted by molar-refractivity contribution is 0.102. The molecule has 0 saturated carbocycles. The van der Waals surface area contributed by atoms with E-state index in [1.165, 1.54) is 18.2 Å². The van der Waals surface area contributed by atoms with Gasteiger partial charge in [0.25, 0.3) is 5.91 Å². The number of sulfonamides is 1. The van der Waals surface area contributed by atoms with Gasteiger partial charge in [-0.25, -0.2) is 8.42 Å². The van der Waals surface area contributed by atoms with Crippen LogP contribution in [0.25, 0.3) is 6.08 Å². The number of anilines is 2. The van der Waals surface area contributed by atoms with E-state index in [0.29, 0.717) is 28.3 Å². The summed E-state index contributed by atoms with van der Waals surface area (Å²) < 4.78 is 30.0. The molecule has 3 aromatic carbocycles. The highest BCUT2D eigenvalue weighted by atomic mass is 32.2. The lowest BCUT2D eigenvalue weighted by Gasteiger charge is -2.07. The summed E-state index contributed by atoms with van der Waals surface area (Å²) >= 11 is 0. The Morgan fingerprint density at radius 2 is 1.53 bits per heavy atom. The fourth-order valence-corrected chi connectivity index (χ4v) is 3.41. The Kier molecular flexibility index (Phi) is 7.07. The lowest BCUT2D eigenvalue weighted by Crippen LogP contribution is -2.11. The number of allylic oxidation sites excluding steroid dienone is 1.